The van der Waals surface area contributed by atoms with Gasteiger partial charge in [0.05, 0.1) is 32.7 Å². The zero-order valence-electron chi connectivity index (χ0n) is 13.1. The highest BCUT2D eigenvalue weighted by molar-refractivity contribution is 5.86. The summed E-state index contributed by atoms with van der Waals surface area (Å²) >= 11 is 0. The molecule has 2 rings (SSSR count). The molecule has 2 N–H and O–H groups in total. The molecule has 0 unspecified atom stereocenters. The average Bonchev–Trinajstić information content (AvgIpc) is 2.60. The van der Waals surface area contributed by atoms with Gasteiger partial charge in [0.1, 0.15) is 11.5 Å². The first-order valence-corrected chi connectivity index (χ1v) is 7.06. The van der Waals surface area contributed by atoms with E-state index in [1.54, 1.807) is 20.4 Å². The largest absolute Gasteiger partial charge is 0.496 e. The lowest BCUT2D eigenvalue weighted by Crippen LogP contribution is -2.26. The van der Waals surface area contributed by atoms with Gasteiger partial charge >= 0.3 is 0 Å². The molecule has 2 aromatic rings. The number of rotatable bonds is 7. The van der Waals surface area contributed by atoms with Crippen LogP contribution in [0.25, 0.3) is 0 Å². The number of nitrogens with zero attached hydrogens (tertiary/aromatic N) is 1. The minimum absolute atomic E-state index is 0.0869. The SMILES string of the molecule is COc1ccccc1/C=N\NC(=O)CNc1ccccc1OC. The quantitative estimate of drug-likeness (QED) is 0.607. The van der Waals surface area contributed by atoms with Crippen LogP contribution >= 0.6 is 0 Å². The molecule has 0 saturated heterocycles. The molecule has 1 amide bonds. The van der Waals surface area contributed by atoms with Crippen LogP contribution < -0.4 is 20.2 Å². The van der Waals surface area contributed by atoms with E-state index >= 15 is 0 Å². The lowest BCUT2D eigenvalue weighted by molar-refractivity contribution is -0.119. The van der Waals surface area contributed by atoms with E-state index in [1.807, 2.05) is 48.5 Å². The normalized spacial score (nSPS) is 10.3. The van der Waals surface area contributed by atoms with Gasteiger partial charge in [0, 0.05) is 5.56 Å². The molecule has 0 aromatic heterocycles. The summed E-state index contributed by atoms with van der Waals surface area (Å²) in [5.41, 5.74) is 4.00. The molecule has 0 aliphatic rings. The maximum absolute atomic E-state index is 11.8. The van der Waals surface area contributed by atoms with Crippen LogP contribution in [0.5, 0.6) is 11.5 Å². The molecule has 6 nitrogen and oxygen atoms in total. The number of benzene rings is 2. The van der Waals surface area contributed by atoms with Gasteiger partial charge in [-0.1, -0.05) is 24.3 Å². The van der Waals surface area contributed by atoms with E-state index in [9.17, 15) is 4.79 Å². The van der Waals surface area contributed by atoms with Gasteiger partial charge in [-0.3, -0.25) is 4.79 Å². The van der Waals surface area contributed by atoms with Crippen molar-refractivity contribution < 1.29 is 14.3 Å². The number of methoxy groups -OCH3 is 2. The predicted octanol–water partition coefficient (Wildman–Crippen LogP) is 2.27. The van der Waals surface area contributed by atoms with Crippen molar-refractivity contribution in [2.75, 3.05) is 26.1 Å². The lowest BCUT2D eigenvalue weighted by atomic mass is 10.2. The zero-order chi connectivity index (χ0) is 16.5. The van der Waals surface area contributed by atoms with E-state index in [1.165, 1.54) is 0 Å². The van der Waals surface area contributed by atoms with Crippen LogP contribution in [0.3, 0.4) is 0 Å². The number of nitrogens with one attached hydrogen (secondary N) is 2. The highest BCUT2D eigenvalue weighted by Crippen LogP contribution is 2.22. The van der Waals surface area contributed by atoms with Gasteiger partial charge in [0.2, 0.25) is 0 Å². The first-order valence-electron chi connectivity index (χ1n) is 7.06. The maximum atomic E-state index is 11.8. The topological polar surface area (TPSA) is 72.0 Å². The first-order chi connectivity index (χ1) is 11.2. The summed E-state index contributed by atoms with van der Waals surface area (Å²) < 4.78 is 10.4. The van der Waals surface area contributed by atoms with Crippen LogP contribution in [0.1, 0.15) is 5.56 Å². The minimum atomic E-state index is -0.262. The average molecular weight is 313 g/mol. The fourth-order valence-electron chi connectivity index (χ4n) is 1.95. The van der Waals surface area contributed by atoms with Crippen LogP contribution in [-0.2, 0) is 4.79 Å². The lowest BCUT2D eigenvalue weighted by Gasteiger charge is -2.09. The van der Waals surface area contributed by atoms with E-state index in [2.05, 4.69) is 15.8 Å². The van der Waals surface area contributed by atoms with Crippen molar-refractivity contribution in [3.63, 3.8) is 0 Å². The Morgan fingerprint density at radius 3 is 2.43 bits per heavy atom. The predicted molar refractivity (Wildman–Crippen MR) is 90.2 cm³/mol. The monoisotopic (exact) mass is 313 g/mol. The molecule has 6 heteroatoms. The number of hydrazone groups is 1. The van der Waals surface area contributed by atoms with E-state index in [0.29, 0.717) is 11.5 Å². The second-order valence-electron chi connectivity index (χ2n) is 4.59. The van der Waals surface area contributed by atoms with Crippen molar-refractivity contribution in [1.29, 1.82) is 0 Å². The first kappa shape index (κ1) is 16.4. The smallest absolute Gasteiger partial charge is 0.259 e. The van der Waals surface area contributed by atoms with Gasteiger partial charge < -0.3 is 14.8 Å². The number of hydrogen-bond donors (Lipinski definition) is 2. The second kappa shape index (κ2) is 8.43. The molecule has 23 heavy (non-hydrogen) atoms. The van der Waals surface area contributed by atoms with E-state index in [-0.39, 0.29) is 12.5 Å². The number of carbonyl (C=O) groups excluding carboxylic acids is 1. The van der Waals surface area contributed by atoms with Gasteiger partial charge in [0.15, 0.2) is 0 Å². The number of para-hydroxylation sites is 3. The molecule has 120 valence electrons. The zero-order valence-corrected chi connectivity index (χ0v) is 13.1. The molecule has 0 atom stereocenters. The summed E-state index contributed by atoms with van der Waals surface area (Å²) in [7, 11) is 3.17. The number of carbonyl (C=O) groups is 1. The summed E-state index contributed by atoms with van der Waals surface area (Å²) in [6.45, 7) is 0.0869. The summed E-state index contributed by atoms with van der Waals surface area (Å²) in [6.07, 6.45) is 1.54. The molecule has 0 aliphatic carbocycles. The Balaban J connectivity index is 1.87. The van der Waals surface area contributed by atoms with Gasteiger partial charge in [-0.15, -0.1) is 0 Å². The molecule has 2 aromatic carbocycles. The van der Waals surface area contributed by atoms with Gasteiger partial charge in [-0.05, 0) is 24.3 Å². The summed E-state index contributed by atoms with van der Waals surface area (Å²) in [4.78, 5) is 11.8. The minimum Gasteiger partial charge on any atom is -0.496 e. The Morgan fingerprint density at radius 2 is 1.70 bits per heavy atom. The molecule has 0 spiro atoms. The van der Waals surface area contributed by atoms with Crippen molar-refractivity contribution in [2.45, 2.75) is 0 Å². The molecular formula is C17H19N3O3. The van der Waals surface area contributed by atoms with Gasteiger partial charge in [-0.25, -0.2) is 5.43 Å². The van der Waals surface area contributed by atoms with Crippen LogP contribution in [0.4, 0.5) is 5.69 Å². The van der Waals surface area contributed by atoms with Crippen LogP contribution in [0, 0.1) is 0 Å². The summed E-state index contributed by atoms with van der Waals surface area (Å²) in [5, 5.41) is 6.93. The fourth-order valence-corrected chi connectivity index (χ4v) is 1.95. The molecular weight excluding hydrogens is 294 g/mol. The van der Waals surface area contributed by atoms with Crippen LogP contribution in [0.2, 0.25) is 0 Å². The molecule has 0 heterocycles. The highest BCUT2D eigenvalue weighted by atomic mass is 16.5. The molecule has 0 fully saturated rings. The van der Waals surface area contributed by atoms with Crippen molar-refractivity contribution in [2.24, 2.45) is 5.10 Å². The Kier molecular flexibility index (Phi) is 5.99. The Bertz CT molecular complexity index is 686. The second-order valence-corrected chi connectivity index (χ2v) is 4.59. The molecule has 0 aliphatic heterocycles. The van der Waals surface area contributed by atoms with Crippen molar-refractivity contribution >= 4 is 17.8 Å². The third kappa shape index (κ3) is 4.74. The Morgan fingerprint density at radius 1 is 1.04 bits per heavy atom. The fraction of sp³-hybridized carbons (Fsp3) is 0.176. The van der Waals surface area contributed by atoms with E-state index < -0.39 is 0 Å². The maximum Gasteiger partial charge on any atom is 0.259 e. The third-order valence-electron chi connectivity index (χ3n) is 3.08. The van der Waals surface area contributed by atoms with Crippen LogP contribution in [-0.4, -0.2) is 32.9 Å². The molecule has 0 saturated carbocycles. The molecule has 0 bridgehead atoms. The summed E-state index contributed by atoms with van der Waals surface area (Å²) in [6, 6.07) is 14.8. The number of amides is 1. The Labute approximate surface area is 135 Å². The van der Waals surface area contributed by atoms with Gasteiger partial charge in [0.25, 0.3) is 5.91 Å². The number of hydrogen-bond acceptors (Lipinski definition) is 5. The van der Waals surface area contributed by atoms with Crippen molar-refractivity contribution in [1.82, 2.24) is 5.43 Å². The standard InChI is InChI=1S/C17H19N3O3/c1-22-15-9-5-3-7-13(15)11-19-20-17(21)12-18-14-8-4-6-10-16(14)23-2/h3-11,18H,12H2,1-2H3,(H,20,21)/b19-11-. The van der Waals surface area contributed by atoms with Crippen molar-refractivity contribution in [3.8, 4) is 11.5 Å². The van der Waals surface area contributed by atoms with E-state index in [4.69, 9.17) is 9.47 Å². The van der Waals surface area contributed by atoms with Crippen molar-refractivity contribution in [3.05, 3.63) is 54.1 Å². The van der Waals surface area contributed by atoms with Crippen LogP contribution in [0.15, 0.2) is 53.6 Å². The number of ether oxygens (including phenoxy) is 2. The highest BCUT2D eigenvalue weighted by Gasteiger charge is 2.04. The van der Waals surface area contributed by atoms with Gasteiger partial charge in [-0.2, -0.15) is 5.10 Å². The number of anilines is 1. The third-order valence-corrected chi connectivity index (χ3v) is 3.08. The molecule has 0 radical (unpaired) electrons. The van der Waals surface area contributed by atoms with E-state index in [0.717, 1.165) is 11.3 Å². The Hall–Kier alpha value is -3.02. The summed E-state index contributed by atoms with van der Waals surface area (Å²) in [5.74, 6) is 1.11.